The van der Waals surface area contributed by atoms with E-state index in [0.29, 0.717) is 12.1 Å². The number of fused-ring (bicyclic) bond motifs is 1. The van der Waals surface area contributed by atoms with Crippen LogP contribution in [0.3, 0.4) is 0 Å². The Morgan fingerprint density at radius 1 is 1.05 bits per heavy atom. The van der Waals surface area contributed by atoms with Crippen LogP contribution in [0.2, 0.25) is 0 Å². The maximum atomic E-state index is 12.0. The summed E-state index contributed by atoms with van der Waals surface area (Å²) in [7, 11) is 1.40. The van der Waals surface area contributed by atoms with Crippen LogP contribution in [0.1, 0.15) is 51.8 Å². The number of carbonyl (C=O) groups is 1. The second kappa shape index (κ2) is 12.9. The van der Waals surface area contributed by atoms with Crippen molar-refractivity contribution in [1.29, 1.82) is 0 Å². The fourth-order valence-corrected chi connectivity index (χ4v) is 6.33. The molecule has 0 saturated carbocycles. The van der Waals surface area contributed by atoms with Crippen LogP contribution < -0.4 is 0 Å². The number of carbonyl (C=O) groups excluding carboxylic acids is 1. The van der Waals surface area contributed by atoms with Gasteiger partial charge in [0.1, 0.15) is 11.3 Å². The Kier molecular flexibility index (Phi) is 9.15. The summed E-state index contributed by atoms with van der Waals surface area (Å²) >= 11 is 8.70. The Bertz CT molecular complexity index is 1470. The maximum Gasteiger partial charge on any atom is 0.337 e. The Morgan fingerprint density at radius 3 is 2.50 bits per heavy atom. The number of hydrogen-bond donors (Lipinski definition) is 0. The molecule has 0 aliphatic carbocycles. The predicted octanol–water partition coefficient (Wildman–Crippen LogP) is 6.89. The van der Waals surface area contributed by atoms with Crippen molar-refractivity contribution in [1.82, 2.24) is 14.8 Å². The Hall–Kier alpha value is -3.26. The predicted molar refractivity (Wildman–Crippen MR) is 164 cm³/mol. The van der Waals surface area contributed by atoms with Crippen molar-refractivity contribution < 1.29 is 9.53 Å². The van der Waals surface area contributed by atoms with Crippen molar-refractivity contribution in [2.75, 3.05) is 20.2 Å². The van der Waals surface area contributed by atoms with Crippen molar-refractivity contribution in [3.63, 3.8) is 0 Å². The van der Waals surface area contributed by atoms with Crippen LogP contribution in [0.5, 0.6) is 0 Å². The topological polar surface area (TPSA) is 58.0 Å². The minimum Gasteiger partial charge on any atom is -0.465 e. The SMILES string of the molecule is CCCCN1C(c2ccccc2)=NC(Cl)C1CN(Cc1ccc(C(=O)OC)cc1)Cc1ccc2sc(C)nc2c1. The molecule has 1 aliphatic rings. The van der Waals surface area contributed by atoms with Crippen LogP contribution in [-0.2, 0) is 17.8 Å². The highest BCUT2D eigenvalue weighted by atomic mass is 35.5. The van der Waals surface area contributed by atoms with Gasteiger partial charge < -0.3 is 9.64 Å². The zero-order chi connectivity index (χ0) is 28.1. The minimum atomic E-state index is -0.347. The van der Waals surface area contributed by atoms with E-state index in [0.717, 1.165) is 60.0 Å². The molecule has 0 saturated heterocycles. The van der Waals surface area contributed by atoms with Crippen molar-refractivity contribution >= 4 is 45.0 Å². The molecule has 1 aromatic heterocycles. The lowest BCUT2D eigenvalue weighted by atomic mass is 10.1. The third-order valence-corrected chi connectivity index (χ3v) is 8.55. The summed E-state index contributed by atoms with van der Waals surface area (Å²) in [5, 5.41) is 1.07. The smallest absolute Gasteiger partial charge is 0.337 e. The van der Waals surface area contributed by atoms with Crippen molar-refractivity contribution in [3.8, 4) is 0 Å². The molecule has 1 aliphatic heterocycles. The number of thiazole rings is 1. The number of nitrogens with zero attached hydrogens (tertiary/aromatic N) is 4. The molecule has 6 nitrogen and oxygen atoms in total. The van der Waals surface area contributed by atoms with Crippen LogP contribution in [-0.4, -0.2) is 58.3 Å². The zero-order valence-corrected chi connectivity index (χ0v) is 24.8. The lowest BCUT2D eigenvalue weighted by molar-refractivity contribution is 0.0600. The first-order valence-electron chi connectivity index (χ1n) is 13.7. The molecule has 0 bridgehead atoms. The summed E-state index contributed by atoms with van der Waals surface area (Å²) < 4.78 is 6.08. The van der Waals surface area contributed by atoms with E-state index < -0.39 is 0 Å². The third kappa shape index (κ3) is 6.54. The Balaban J connectivity index is 1.42. The standard InChI is InChI=1S/C32H35ClN4O2S/c1-4-5-17-37-28(30(33)35-31(37)25-9-7-6-8-10-25)21-36(19-23-11-14-26(15-12-23)32(38)39-3)20-24-13-16-29-27(18-24)34-22(2)40-29/h6-16,18,28,30H,4-5,17,19-21H2,1-3H3. The quantitative estimate of drug-likeness (QED) is 0.111. The Morgan fingerprint density at radius 2 is 1.77 bits per heavy atom. The molecule has 208 valence electrons. The minimum absolute atomic E-state index is 0.0306. The number of aryl methyl sites for hydroxylation is 1. The summed E-state index contributed by atoms with van der Waals surface area (Å²) in [5.74, 6) is 0.643. The van der Waals surface area contributed by atoms with Crippen molar-refractivity contribution in [2.24, 2.45) is 4.99 Å². The van der Waals surface area contributed by atoms with Crippen LogP contribution >= 0.6 is 22.9 Å². The Labute approximate surface area is 245 Å². The van der Waals surface area contributed by atoms with Crippen LogP contribution in [0.15, 0.2) is 77.8 Å². The number of aliphatic imine (C=N–C) groups is 1. The molecule has 2 unspecified atom stereocenters. The average molecular weight is 575 g/mol. The number of benzene rings is 3. The highest BCUT2D eigenvalue weighted by molar-refractivity contribution is 7.18. The molecule has 2 heterocycles. The first-order chi connectivity index (χ1) is 19.4. The normalized spacial score (nSPS) is 17.0. The van der Waals surface area contributed by atoms with Crippen molar-refractivity contribution in [2.45, 2.75) is 51.3 Å². The molecular weight excluding hydrogens is 540 g/mol. The van der Waals surface area contributed by atoms with Gasteiger partial charge in [-0.1, -0.05) is 73.5 Å². The molecular formula is C32H35ClN4O2S. The number of alkyl halides is 1. The van der Waals surface area contributed by atoms with Crippen LogP contribution in [0, 0.1) is 6.92 Å². The molecule has 2 atom stereocenters. The largest absolute Gasteiger partial charge is 0.465 e. The van der Waals surface area contributed by atoms with Crippen LogP contribution in [0.25, 0.3) is 10.2 Å². The number of esters is 1. The van der Waals surface area contributed by atoms with Gasteiger partial charge in [-0.3, -0.25) is 4.90 Å². The molecule has 0 N–H and O–H groups in total. The number of unbranched alkanes of at least 4 members (excludes halogenated alkanes) is 1. The molecule has 0 radical (unpaired) electrons. The lowest BCUT2D eigenvalue weighted by Crippen LogP contribution is -2.46. The summed E-state index contributed by atoms with van der Waals surface area (Å²) in [6, 6.07) is 24.6. The van der Waals surface area contributed by atoms with Gasteiger partial charge in [0.25, 0.3) is 0 Å². The fourth-order valence-electron chi connectivity index (χ4n) is 5.21. The number of rotatable bonds is 11. The summed E-state index contributed by atoms with van der Waals surface area (Å²) in [6.45, 7) is 7.35. The second-order valence-electron chi connectivity index (χ2n) is 10.2. The fraction of sp³-hybridized carbons (Fsp3) is 0.344. The maximum absolute atomic E-state index is 12.0. The van der Waals surface area contributed by atoms with E-state index in [2.05, 4.69) is 47.1 Å². The number of ether oxygens (including phenoxy) is 1. The monoisotopic (exact) mass is 574 g/mol. The number of halogens is 1. The molecule has 40 heavy (non-hydrogen) atoms. The molecule has 0 spiro atoms. The lowest BCUT2D eigenvalue weighted by Gasteiger charge is -2.34. The van der Waals surface area contributed by atoms with Gasteiger partial charge in [0.15, 0.2) is 0 Å². The van der Waals surface area contributed by atoms with E-state index in [1.807, 2.05) is 49.4 Å². The van der Waals surface area contributed by atoms with Gasteiger partial charge >= 0.3 is 5.97 Å². The van der Waals surface area contributed by atoms with Gasteiger partial charge in [0.05, 0.1) is 33.9 Å². The first kappa shape index (κ1) is 28.3. The van der Waals surface area contributed by atoms with E-state index in [-0.39, 0.29) is 17.5 Å². The van der Waals surface area contributed by atoms with Gasteiger partial charge in [0, 0.05) is 31.7 Å². The van der Waals surface area contributed by atoms with E-state index in [4.69, 9.17) is 26.3 Å². The highest BCUT2D eigenvalue weighted by Gasteiger charge is 2.36. The number of aromatic nitrogens is 1. The van der Waals surface area contributed by atoms with Crippen molar-refractivity contribution in [3.05, 3.63) is 100 Å². The first-order valence-corrected chi connectivity index (χ1v) is 15.0. The summed E-state index contributed by atoms with van der Waals surface area (Å²) in [6.07, 6.45) is 2.17. The highest BCUT2D eigenvalue weighted by Crippen LogP contribution is 2.28. The van der Waals surface area contributed by atoms with Gasteiger partial charge in [-0.2, -0.15) is 0 Å². The second-order valence-corrected chi connectivity index (χ2v) is 11.9. The zero-order valence-electron chi connectivity index (χ0n) is 23.2. The van der Waals surface area contributed by atoms with E-state index >= 15 is 0 Å². The summed E-state index contributed by atoms with van der Waals surface area (Å²) in [5.41, 5.74) is 4.66. The number of amidine groups is 1. The van der Waals surface area contributed by atoms with Gasteiger partial charge in [-0.25, -0.2) is 14.8 Å². The van der Waals surface area contributed by atoms with Gasteiger partial charge in [0.2, 0.25) is 0 Å². The van der Waals surface area contributed by atoms with Gasteiger partial charge in [-0.05, 0) is 48.7 Å². The third-order valence-electron chi connectivity index (χ3n) is 7.21. The van der Waals surface area contributed by atoms with E-state index in [1.165, 1.54) is 17.4 Å². The molecule has 3 aromatic carbocycles. The molecule has 4 aromatic rings. The van der Waals surface area contributed by atoms with E-state index in [9.17, 15) is 4.79 Å². The van der Waals surface area contributed by atoms with E-state index in [1.54, 1.807) is 11.3 Å². The van der Waals surface area contributed by atoms with Gasteiger partial charge in [-0.15, -0.1) is 11.3 Å². The molecule has 5 rings (SSSR count). The molecule has 8 heteroatoms. The summed E-state index contributed by atoms with van der Waals surface area (Å²) in [4.78, 5) is 26.4. The number of methoxy groups -OCH3 is 1. The molecule has 0 amide bonds. The van der Waals surface area contributed by atoms with Crippen LogP contribution in [0.4, 0.5) is 0 Å². The average Bonchev–Trinajstić information content (AvgIpc) is 3.50. The number of hydrogen-bond acceptors (Lipinski definition) is 7. The molecule has 0 fully saturated rings.